The van der Waals surface area contributed by atoms with Gasteiger partial charge < -0.3 is 50.2 Å². The summed E-state index contributed by atoms with van der Waals surface area (Å²) in [6.45, 7) is 6.34. The van der Waals surface area contributed by atoms with E-state index in [2.05, 4.69) is 16.7 Å². The van der Waals surface area contributed by atoms with Crippen LogP contribution < -0.4 is 26.7 Å². The third-order valence-electron chi connectivity index (χ3n) is 16.1. The lowest BCUT2D eigenvalue weighted by atomic mass is 9.61. The molecule has 3 aliphatic carbocycles. The third-order valence-corrected chi connectivity index (χ3v) is 18.9. The Morgan fingerprint density at radius 1 is 1.20 bits per heavy atom. The van der Waals surface area contributed by atoms with Crippen molar-refractivity contribution in [2.24, 2.45) is 29.4 Å². The second-order valence-electron chi connectivity index (χ2n) is 19.4. The summed E-state index contributed by atoms with van der Waals surface area (Å²) in [6.07, 6.45) is 12.9. The first-order valence-corrected chi connectivity index (χ1v) is 25.4. The molecule has 2 saturated carbocycles. The van der Waals surface area contributed by atoms with Crippen LogP contribution in [0.25, 0.3) is 11.0 Å². The maximum Gasteiger partial charge on any atom is 0.340 e. The predicted octanol–water partition coefficient (Wildman–Crippen LogP) is 5.36. The molecule has 7 aliphatic rings. The monoisotopic (exact) mass is 914 g/mol. The molecule has 9 unspecified atom stereocenters. The number of carbonyl (C=O) groups excluding carboxylic acids is 3. The lowest BCUT2D eigenvalue weighted by Crippen LogP contribution is -2.71. The van der Waals surface area contributed by atoms with Crippen LogP contribution in [0.2, 0.25) is 0 Å². The van der Waals surface area contributed by atoms with Gasteiger partial charge in [0.15, 0.2) is 11.2 Å². The van der Waals surface area contributed by atoms with Crippen molar-refractivity contribution in [2.45, 2.75) is 119 Å². The first-order chi connectivity index (χ1) is 30.8. The van der Waals surface area contributed by atoms with Crippen molar-refractivity contribution in [1.82, 2.24) is 15.5 Å². The minimum absolute atomic E-state index is 0.0113. The van der Waals surface area contributed by atoms with Crippen LogP contribution in [0.15, 0.2) is 73.8 Å². The smallest absolute Gasteiger partial charge is 0.340 e. The van der Waals surface area contributed by atoms with Crippen LogP contribution in [0.5, 0.6) is 5.75 Å². The highest BCUT2D eigenvalue weighted by Gasteiger charge is 2.64. The Hall–Kier alpha value is -4.02. The normalized spacial score (nSPS) is 32.6. The number of nitrogens with zero attached hydrogens (tertiary/aromatic N) is 1. The molecule has 3 fully saturated rings. The van der Waals surface area contributed by atoms with Crippen molar-refractivity contribution >= 4 is 50.7 Å². The average molecular weight is 915 g/mol. The van der Waals surface area contributed by atoms with E-state index in [-0.39, 0.29) is 60.6 Å². The molecule has 64 heavy (non-hydrogen) atoms. The molecule has 0 radical (unpaired) electrons. The summed E-state index contributed by atoms with van der Waals surface area (Å²) in [5.74, 6) is 0.497. The van der Waals surface area contributed by atoms with E-state index < -0.39 is 34.1 Å². The van der Waals surface area contributed by atoms with E-state index >= 15 is 0 Å². The van der Waals surface area contributed by atoms with Crippen molar-refractivity contribution in [2.75, 3.05) is 39.1 Å². The van der Waals surface area contributed by atoms with Crippen LogP contribution in [-0.2, 0) is 31.0 Å². The van der Waals surface area contributed by atoms with Gasteiger partial charge in [-0.15, -0.1) is 0 Å². The number of hydrogen-bond acceptors (Lipinski definition) is 14. The van der Waals surface area contributed by atoms with E-state index in [1.54, 1.807) is 47.6 Å². The first-order valence-electron chi connectivity index (χ1n) is 23.0. The number of allylic oxidation sites excluding steroid dienone is 2. The molecule has 0 bridgehead atoms. The summed E-state index contributed by atoms with van der Waals surface area (Å²) in [5, 5.41) is 27.9. The first kappa shape index (κ1) is 45.1. The SMILES string of the molecule is CC=C(C)C(=O)OC1(C)CC=C2CSSC3CC(C=O)C(NC)C4CN(C(=O)CC5=C(C=C(N)NC5)C2C12Cc1cc5cc(C6(C(CO)CCCO)CCCC6)c(=O)oc5cc1O2)C34. The fraction of sp³-hybridized carbons (Fsp3) is 0.592. The second-order valence-corrected chi connectivity index (χ2v) is 22.0. The number of ether oxygens (including phenoxy) is 2. The number of benzene rings is 1. The zero-order valence-corrected chi connectivity index (χ0v) is 38.9. The van der Waals surface area contributed by atoms with Gasteiger partial charge in [-0.1, -0.05) is 52.2 Å². The van der Waals surface area contributed by atoms with Crippen LogP contribution in [0, 0.1) is 23.7 Å². The summed E-state index contributed by atoms with van der Waals surface area (Å²) in [7, 11) is 5.39. The summed E-state index contributed by atoms with van der Waals surface area (Å²) < 4.78 is 20.3. The lowest BCUT2D eigenvalue weighted by Gasteiger charge is -2.58. The fourth-order valence-electron chi connectivity index (χ4n) is 12.6. The van der Waals surface area contributed by atoms with E-state index in [4.69, 9.17) is 19.6 Å². The van der Waals surface area contributed by atoms with Gasteiger partial charge in [0.25, 0.3) is 0 Å². The van der Waals surface area contributed by atoms with Crippen molar-refractivity contribution in [1.29, 1.82) is 0 Å². The number of nitrogens with two attached hydrogens (primary N) is 1. The molecule has 1 saturated heterocycles. The second kappa shape index (κ2) is 17.7. The molecule has 344 valence electrons. The Labute approximate surface area is 382 Å². The van der Waals surface area contributed by atoms with E-state index in [1.807, 2.05) is 37.1 Å². The van der Waals surface area contributed by atoms with Gasteiger partial charge in [0, 0.05) is 96.0 Å². The average Bonchev–Trinajstić information content (AvgIpc) is 3.91. The summed E-state index contributed by atoms with van der Waals surface area (Å²) in [6, 6.07) is 5.79. The van der Waals surface area contributed by atoms with Crippen LogP contribution in [-0.4, -0.2) is 101 Å². The number of amides is 1. The number of rotatable bonds is 10. The molecule has 1 spiro atoms. The van der Waals surface area contributed by atoms with Crippen LogP contribution in [0.1, 0.15) is 89.7 Å². The van der Waals surface area contributed by atoms with Gasteiger partial charge in [-0.3, -0.25) is 4.79 Å². The molecule has 5 heterocycles. The highest BCUT2D eigenvalue weighted by molar-refractivity contribution is 8.77. The molecule has 6 N–H and O–H groups in total. The molecule has 1 aromatic carbocycles. The Balaban J connectivity index is 1.17. The molecular weight excluding hydrogens is 853 g/mol. The summed E-state index contributed by atoms with van der Waals surface area (Å²) in [4.78, 5) is 57.1. The van der Waals surface area contributed by atoms with Crippen molar-refractivity contribution < 1.29 is 38.5 Å². The van der Waals surface area contributed by atoms with Crippen LogP contribution in [0.4, 0.5) is 0 Å². The molecular formula is C49H62N4O9S2. The highest BCUT2D eigenvalue weighted by Crippen LogP contribution is 2.58. The van der Waals surface area contributed by atoms with Gasteiger partial charge in [-0.25, -0.2) is 9.59 Å². The number of hydrogen-bond donors (Lipinski definition) is 5. The van der Waals surface area contributed by atoms with E-state index in [1.165, 1.54) is 0 Å². The molecule has 9 rings (SSSR count). The third kappa shape index (κ3) is 7.36. The van der Waals surface area contributed by atoms with Gasteiger partial charge in [-0.05, 0) is 101 Å². The summed E-state index contributed by atoms with van der Waals surface area (Å²) >= 11 is 0. The molecule has 1 amide bonds. The maximum atomic E-state index is 14.6. The van der Waals surface area contributed by atoms with Crippen molar-refractivity contribution in [3.8, 4) is 5.75 Å². The Morgan fingerprint density at radius 3 is 2.72 bits per heavy atom. The molecule has 4 aliphatic heterocycles. The zero-order chi connectivity index (χ0) is 45.1. The highest BCUT2D eigenvalue weighted by atomic mass is 33.1. The number of dihydropyridines is 1. The zero-order valence-electron chi connectivity index (χ0n) is 37.3. The Morgan fingerprint density at radius 2 is 2.00 bits per heavy atom. The Kier molecular flexibility index (Phi) is 12.5. The molecule has 1 aromatic heterocycles. The number of nitrogens with one attached hydrogen (secondary N) is 2. The maximum absolute atomic E-state index is 14.6. The molecule has 15 heteroatoms. The number of aldehydes is 1. The quantitative estimate of drug-likeness (QED) is 0.0511. The van der Waals surface area contributed by atoms with Crippen LogP contribution in [0.3, 0.4) is 0 Å². The number of aliphatic hydroxyl groups is 2. The molecule has 9 atom stereocenters. The number of fused-ring (bicyclic) bond motifs is 5. The van der Waals surface area contributed by atoms with Crippen molar-refractivity contribution in [3.63, 3.8) is 0 Å². The van der Waals surface area contributed by atoms with Gasteiger partial charge in [0.1, 0.15) is 17.6 Å². The van der Waals surface area contributed by atoms with E-state index in [0.29, 0.717) is 79.2 Å². The van der Waals surface area contributed by atoms with Gasteiger partial charge in [0.2, 0.25) is 5.91 Å². The van der Waals surface area contributed by atoms with Gasteiger partial charge in [-0.2, -0.15) is 0 Å². The fourth-order valence-corrected chi connectivity index (χ4v) is 15.7. The van der Waals surface area contributed by atoms with Crippen LogP contribution >= 0.6 is 21.6 Å². The van der Waals surface area contributed by atoms with Gasteiger partial charge in [0.05, 0.1) is 24.2 Å². The lowest BCUT2D eigenvalue weighted by molar-refractivity contribution is -0.186. The number of esters is 1. The molecule has 2 aromatic rings. The molecule has 13 nitrogen and oxygen atoms in total. The largest absolute Gasteiger partial charge is 0.481 e. The minimum atomic E-state index is -1.23. The number of carbonyl (C=O) groups is 3. The number of aliphatic hydroxyl groups excluding tert-OH is 2. The topological polar surface area (TPSA) is 194 Å². The Bertz CT molecular complexity index is 2400. The standard InChI is InChI=1S/C49H62N4O9S2/c1-5-27(2)45(58)62-47(3)13-10-28-26-63-64-39-17-32(24-55)43(51-4)35-23-53(44(35)39)41(57)18-31-22-52-40(50)19-34(31)42(28)49(47)21-30-15-29-16-36(46(59)60-37(29)20-38(30)61-49)48(11-6-7-12-48)33(25-56)9-8-14-54/h5,10,15-16,19-20,24,32-33,35,39,42-44,51-52,54,56H,6-9,11-14,17-18,21-23,25-26,50H2,1-4H3. The van der Waals surface area contributed by atoms with Gasteiger partial charge >= 0.3 is 11.6 Å². The van der Waals surface area contributed by atoms with E-state index in [0.717, 1.165) is 59.6 Å². The predicted molar refractivity (Wildman–Crippen MR) is 248 cm³/mol. The minimum Gasteiger partial charge on any atom is -0.481 e. The summed E-state index contributed by atoms with van der Waals surface area (Å²) in [5.41, 5.74) is 8.27. The van der Waals surface area contributed by atoms with Crippen molar-refractivity contribution in [3.05, 3.63) is 86.1 Å². The van der Waals surface area contributed by atoms with E-state index in [9.17, 15) is 29.4 Å².